The second-order valence-electron chi connectivity index (χ2n) is 3.49. The molecule has 0 aromatic rings. The van der Waals surface area contributed by atoms with Gasteiger partial charge in [-0.25, -0.2) is 0 Å². The smallest absolute Gasteiger partial charge is 0.317 e. The number of hydrogen-bond acceptors (Lipinski definition) is 4. The molecule has 0 unspecified atom stereocenters. The Balaban J connectivity index is 3.89. The summed E-state index contributed by atoms with van der Waals surface area (Å²) >= 11 is 0. The van der Waals surface area contributed by atoms with Crippen molar-refractivity contribution in [3.05, 3.63) is 0 Å². The van der Waals surface area contributed by atoms with Gasteiger partial charge in [-0.05, 0) is 13.8 Å². The third-order valence-electron chi connectivity index (χ3n) is 1.60. The molecule has 88 valence electrons. The Bertz CT molecular complexity index is 202. The van der Waals surface area contributed by atoms with E-state index in [0.29, 0.717) is 13.2 Å². The van der Waals surface area contributed by atoms with Crippen LogP contribution < -0.4 is 5.73 Å². The number of rotatable bonds is 8. The van der Waals surface area contributed by atoms with Gasteiger partial charge in [-0.3, -0.25) is 14.5 Å². The van der Waals surface area contributed by atoms with Crippen molar-refractivity contribution in [2.75, 3.05) is 26.2 Å². The van der Waals surface area contributed by atoms with E-state index in [-0.39, 0.29) is 19.2 Å². The molecule has 0 aromatic carbocycles. The molecule has 0 heterocycles. The van der Waals surface area contributed by atoms with E-state index in [9.17, 15) is 9.59 Å². The maximum absolute atomic E-state index is 10.6. The molecule has 0 spiro atoms. The summed E-state index contributed by atoms with van der Waals surface area (Å²) in [6, 6.07) is 0. The van der Waals surface area contributed by atoms with E-state index < -0.39 is 11.9 Å². The number of carboxylic acid groups (broad SMARTS) is 1. The SMILES string of the molecule is CC(C)OCCN(CC(N)=O)CC(=O)O. The van der Waals surface area contributed by atoms with Crippen LogP contribution in [0.25, 0.3) is 0 Å². The molecule has 3 N–H and O–H groups in total. The van der Waals surface area contributed by atoms with Crippen molar-refractivity contribution in [2.45, 2.75) is 20.0 Å². The molecule has 0 aliphatic heterocycles. The van der Waals surface area contributed by atoms with Gasteiger partial charge in [0.25, 0.3) is 0 Å². The van der Waals surface area contributed by atoms with E-state index >= 15 is 0 Å². The molecule has 15 heavy (non-hydrogen) atoms. The van der Waals surface area contributed by atoms with Crippen LogP contribution in [-0.4, -0.2) is 54.2 Å². The number of primary amides is 1. The molecule has 0 bridgehead atoms. The summed E-state index contributed by atoms with van der Waals surface area (Å²) in [5.41, 5.74) is 4.99. The van der Waals surface area contributed by atoms with Gasteiger partial charge < -0.3 is 15.6 Å². The van der Waals surface area contributed by atoms with E-state index in [1.54, 1.807) is 0 Å². The molecule has 0 saturated carbocycles. The molecule has 0 atom stereocenters. The van der Waals surface area contributed by atoms with Gasteiger partial charge in [-0.15, -0.1) is 0 Å². The van der Waals surface area contributed by atoms with Crippen LogP contribution in [-0.2, 0) is 14.3 Å². The first kappa shape index (κ1) is 13.9. The third-order valence-corrected chi connectivity index (χ3v) is 1.60. The molecule has 0 fully saturated rings. The second-order valence-corrected chi connectivity index (χ2v) is 3.49. The van der Waals surface area contributed by atoms with Crippen molar-refractivity contribution in [1.29, 1.82) is 0 Å². The van der Waals surface area contributed by atoms with E-state index in [0.717, 1.165) is 0 Å². The molecule has 0 rings (SSSR count). The first-order valence-electron chi connectivity index (χ1n) is 4.76. The van der Waals surface area contributed by atoms with Crippen molar-refractivity contribution in [2.24, 2.45) is 5.73 Å². The Morgan fingerprint density at radius 1 is 1.40 bits per heavy atom. The standard InChI is InChI=1S/C9H18N2O4/c1-7(2)15-4-3-11(5-8(10)12)6-9(13)14/h7H,3-6H2,1-2H3,(H2,10,12)(H,13,14). The summed E-state index contributed by atoms with van der Waals surface area (Å²) in [6.45, 7) is 4.27. The summed E-state index contributed by atoms with van der Waals surface area (Å²) < 4.78 is 5.25. The molecular formula is C9H18N2O4. The van der Waals surface area contributed by atoms with Gasteiger partial charge in [0.2, 0.25) is 5.91 Å². The highest BCUT2D eigenvalue weighted by Crippen LogP contribution is 1.92. The zero-order valence-corrected chi connectivity index (χ0v) is 9.10. The van der Waals surface area contributed by atoms with Gasteiger partial charge in [0.15, 0.2) is 0 Å². The minimum atomic E-state index is -0.985. The topological polar surface area (TPSA) is 92.9 Å². The lowest BCUT2D eigenvalue weighted by Gasteiger charge is -2.18. The van der Waals surface area contributed by atoms with E-state index in [2.05, 4.69) is 0 Å². The van der Waals surface area contributed by atoms with Crippen LogP contribution in [0.3, 0.4) is 0 Å². The van der Waals surface area contributed by atoms with Crippen molar-refractivity contribution >= 4 is 11.9 Å². The van der Waals surface area contributed by atoms with Gasteiger partial charge in [0.05, 0.1) is 25.8 Å². The van der Waals surface area contributed by atoms with Gasteiger partial charge in [-0.1, -0.05) is 0 Å². The normalized spacial score (nSPS) is 10.9. The van der Waals surface area contributed by atoms with Gasteiger partial charge >= 0.3 is 5.97 Å². The number of carbonyl (C=O) groups is 2. The van der Waals surface area contributed by atoms with Crippen LogP contribution in [0.2, 0.25) is 0 Å². The van der Waals surface area contributed by atoms with Crippen molar-refractivity contribution in [1.82, 2.24) is 4.90 Å². The number of carbonyl (C=O) groups excluding carboxylic acids is 1. The lowest BCUT2D eigenvalue weighted by atomic mass is 10.4. The molecule has 0 aliphatic carbocycles. The van der Waals surface area contributed by atoms with Crippen LogP contribution in [0.1, 0.15) is 13.8 Å². The van der Waals surface area contributed by atoms with E-state index in [1.165, 1.54) is 4.90 Å². The van der Waals surface area contributed by atoms with E-state index in [1.807, 2.05) is 13.8 Å². The predicted octanol–water partition coefficient (Wildman–Crippen LogP) is -0.717. The lowest BCUT2D eigenvalue weighted by molar-refractivity contribution is -0.138. The van der Waals surface area contributed by atoms with Crippen LogP contribution in [0.4, 0.5) is 0 Å². The average Bonchev–Trinajstić information content (AvgIpc) is 2.00. The van der Waals surface area contributed by atoms with Gasteiger partial charge in [0, 0.05) is 6.54 Å². The minimum Gasteiger partial charge on any atom is -0.480 e. The number of carboxylic acids is 1. The molecule has 0 aromatic heterocycles. The number of amides is 1. The predicted molar refractivity (Wildman–Crippen MR) is 54.4 cm³/mol. The first-order valence-corrected chi connectivity index (χ1v) is 4.76. The Morgan fingerprint density at radius 2 is 2.00 bits per heavy atom. The summed E-state index contributed by atoms with van der Waals surface area (Å²) in [5.74, 6) is -1.53. The number of aliphatic carboxylic acids is 1. The maximum Gasteiger partial charge on any atom is 0.317 e. The lowest BCUT2D eigenvalue weighted by Crippen LogP contribution is -2.39. The summed E-state index contributed by atoms with van der Waals surface area (Å²) in [6.07, 6.45) is 0.0882. The molecule has 0 saturated heterocycles. The molecular weight excluding hydrogens is 200 g/mol. The highest BCUT2D eigenvalue weighted by molar-refractivity contribution is 5.77. The molecule has 0 radical (unpaired) electrons. The first-order chi connectivity index (χ1) is 6.91. The highest BCUT2D eigenvalue weighted by Gasteiger charge is 2.11. The second kappa shape index (κ2) is 7.19. The maximum atomic E-state index is 10.6. The van der Waals surface area contributed by atoms with Crippen LogP contribution >= 0.6 is 0 Å². The number of ether oxygens (including phenoxy) is 1. The highest BCUT2D eigenvalue weighted by atomic mass is 16.5. The molecule has 0 aliphatic rings. The van der Waals surface area contributed by atoms with Crippen molar-refractivity contribution in [3.8, 4) is 0 Å². The van der Waals surface area contributed by atoms with E-state index in [4.69, 9.17) is 15.6 Å². The van der Waals surface area contributed by atoms with Gasteiger partial charge in [0.1, 0.15) is 0 Å². The molecule has 6 nitrogen and oxygen atoms in total. The third kappa shape index (κ3) is 9.17. The molecule has 6 heteroatoms. The Morgan fingerprint density at radius 3 is 2.40 bits per heavy atom. The Labute approximate surface area is 89.0 Å². The summed E-state index contributed by atoms with van der Waals surface area (Å²) in [7, 11) is 0. The van der Waals surface area contributed by atoms with Crippen molar-refractivity contribution in [3.63, 3.8) is 0 Å². The van der Waals surface area contributed by atoms with Crippen LogP contribution in [0, 0.1) is 0 Å². The minimum absolute atomic E-state index is 0.0618. The Kier molecular flexibility index (Phi) is 6.64. The zero-order valence-electron chi connectivity index (χ0n) is 9.10. The van der Waals surface area contributed by atoms with Crippen LogP contribution in [0.5, 0.6) is 0 Å². The fraction of sp³-hybridized carbons (Fsp3) is 0.778. The zero-order chi connectivity index (χ0) is 11.8. The van der Waals surface area contributed by atoms with Gasteiger partial charge in [-0.2, -0.15) is 0 Å². The largest absolute Gasteiger partial charge is 0.480 e. The van der Waals surface area contributed by atoms with Crippen molar-refractivity contribution < 1.29 is 19.4 Å². The fourth-order valence-electron chi connectivity index (χ4n) is 1.04. The fourth-order valence-corrected chi connectivity index (χ4v) is 1.04. The number of nitrogens with zero attached hydrogens (tertiary/aromatic N) is 1. The number of hydrogen-bond donors (Lipinski definition) is 2. The summed E-state index contributed by atoms with van der Waals surface area (Å²) in [5, 5.41) is 8.57. The monoisotopic (exact) mass is 218 g/mol. The quantitative estimate of drug-likeness (QED) is 0.561. The molecule has 1 amide bonds. The van der Waals surface area contributed by atoms with Crippen LogP contribution in [0.15, 0.2) is 0 Å². The number of nitrogens with two attached hydrogens (primary N) is 1. The summed E-state index contributed by atoms with van der Waals surface area (Å²) in [4.78, 5) is 22.5. The average molecular weight is 218 g/mol. The Hall–Kier alpha value is -1.14.